The smallest absolute Gasteiger partial charge is 0.350 e. The topological polar surface area (TPSA) is 67.5 Å². The average molecular weight is 249 g/mol. The number of nitrogens with one attached hydrogen (secondary N) is 1. The number of hydrazone groups is 1. The molecule has 0 atom stereocenters. The van der Waals surface area contributed by atoms with Crippen molar-refractivity contribution in [2.75, 3.05) is 0 Å². The van der Waals surface area contributed by atoms with Crippen LogP contribution in [-0.4, -0.2) is 12.2 Å². The summed E-state index contributed by atoms with van der Waals surface area (Å²) < 4.78 is 49.8. The fraction of sp³-hybridized carbons (Fsp3) is 0.111. The Labute approximate surface area is 93.1 Å². The van der Waals surface area contributed by atoms with Crippen molar-refractivity contribution in [3.05, 3.63) is 35.1 Å². The molecule has 0 aliphatic heterocycles. The van der Waals surface area contributed by atoms with Crippen LogP contribution in [0, 0.1) is 5.82 Å². The summed E-state index contributed by atoms with van der Waals surface area (Å²) in [6, 6.07) is 1.35. The number of alkyl halides is 3. The summed E-state index contributed by atoms with van der Waals surface area (Å²) >= 11 is 0. The molecule has 0 heterocycles. The first-order valence-corrected chi connectivity index (χ1v) is 4.26. The van der Waals surface area contributed by atoms with Crippen molar-refractivity contribution < 1.29 is 22.4 Å². The number of nitrogens with zero attached hydrogens (tertiary/aromatic N) is 1. The molecule has 1 aromatic rings. The highest BCUT2D eigenvalue weighted by Gasteiger charge is 2.34. The van der Waals surface area contributed by atoms with Gasteiger partial charge in [0.25, 0.3) is 0 Å². The van der Waals surface area contributed by atoms with Crippen molar-refractivity contribution in [1.82, 2.24) is 5.43 Å². The summed E-state index contributed by atoms with van der Waals surface area (Å²) in [5.74, 6) is -1.38. The van der Waals surface area contributed by atoms with E-state index < -0.39 is 23.6 Å². The number of carbonyl (C=O) groups excluding carboxylic acids is 1. The van der Waals surface area contributed by atoms with Gasteiger partial charge in [0.1, 0.15) is 5.82 Å². The van der Waals surface area contributed by atoms with E-state index in [1.54, 1.807) is 5.43 Å². The molecule has 0 fully saturated rings. The molecule has 0 saturated carbocycles. The van der Waals surface area contributed by atoms with Gasteiger partial charge in [0.15, 0.2) is 0 Å². The van der Waals surface area contributed by atoms with E-state index in [2.05, 4.69) is 10.8 Å². The third-order valence-corrected chi connectivity index (χ3v) is 1.68. The summed E-state index contributed by atoms with van der Waals surface area (Å²) in [4.78, 5) is 10.2. The van der Waals surface area contributed by atoms with Gasteiger partial charge in [-0.05, 0) is 17.7 Å². The minimum atomic E-state index is -4.79. The van der Waals surface area contributed by atoms with E-state index in [1.165, 1.54) is 0 Å². The van der Waals surface area contributed by atoms with Gasteiger partial charge in [-0.2, -0.15) is 18.3 Å². The highest BCUT2D eigenvalue weighted by atomic mass is 19.4. The lowest BCUT2D eigenvalue weighted by molar-refractivity contribution is -0.140. The first-order chi connectivity index (χ1) is 7.80. The molecule has 0 aliphatic carbocycles. The first kappa shape index (κ1) is 12.9. The largest absolute Gasteiger partial charge is 0.419 e. The number of primary amides is 1. The Morgan fingerprint density at radius 1 is 1.41 bits per heavy atom. The molecule has 1 aromatic carbocycles. The third kappa shape index (κ3) is 3.74. The van der Waals surface area contributed by atoms with Crippen molar-refractivity contribution in [3.8, 4) is 0 Å². The Morgan fingerprint density at radius 3 is 2.59 bits per heavy atom. The van der Waals surface area contributed by atoms with E-state index in [-0.39, 0.29) is 5.56 Å². The lowest BCUT2D eigenvalue weighted by atomic mass is 10.1. The van der Waals surface area contributed by atoms with Gasteiger partial charge >= 0.3 is 12.2 Å². The minimum Gasteiger partial charge on any atom is -0.350 e. The Morgan fingerprint density at radius 2 is 2.06 bits per heavy atom. The van der Waals surface area contributed by atoms with Gasteiger partial charge in [-0.1, -0.05) is 6.07 Å². The highest BCUT2D eigenvalue weighted by Crippen LogP contribution is 2.31. The molecule has 4 nitrogen and oxygen atoms in total. The van der Waals surface area contributed by atoms with Crippen LogP contribution in [0.25, 0.3) is 0 Å². The molecule has 17 heavy (non-hydrogen) atoms. The number of carbonyl (C=O) groups is 1. The fourth-order valence-corrected chi connectivity index (χ4v) is 1.01. The number of urea groups is 1. The number of hydrogen-bond acceptors (Lipinski definition) is 2. The zero-order valence-corrected chi connectivity index (χ0v) is 8.25. The minimum absolute atomic E-state index is 0.0209. The Bertz CT molecular complexity index is 456. The molecular weight excluding hydrogens is 242 g/mol. The molecule has 3 N–H and O–H groups in total. The zero-order valence-electron chi connectivity index (χ0n) is 8.25. The maximum absolute atomic E-state index is 12.9. The lowest BCUT2D eigenvalue weighted by Gasteiger charge is -2.08. The summed E-state index contributed by atoms with van der Waals surface area (Å²) in [6.07, 6.45) is -3.87. The standard InChI is InChI=1S/C9H7F4N3O/c10-7-2-1-5(4-15-16-8(14)17)3-6(7)9(11,12)13/h1-4H,(H3,14,16,17)/b15-4+. The molecule has 0 radical (unpaired) electrons. The molecule has 1 rings (SSSR count). The summed E-state index contributed by atoms with van der Waals surface area (Å²) in [5.41, 5.74) is 5.05. The quantitative estimate of drug-likeness (QED) is 0.468. The molecule has 0 aromatic heterocycles. The molecule has 92 valence electrons. The van der Waals surface area contributed by atoms with Crippen LogP contribution in [0.4, 0.5) is 22.4 Å². The number of hydrogen-bond donors (Lipinski definition) is 2. The Kier molecular flexibility index (Phi) is 3.66. The second kappa shape index (κ2) is 4.81. The second-order valence-corrected chi connectivity index (χ2v) is 2.97. The highest BCUT2D eigenvalue weighted by molar-refractivity contribution is 5.81. The van der Waals surface area contributed by atoms with Gasteiger partial charge < -0.3 is 5.73 Å². The summed E-state index contributed by atoms with van der Waals surface area (Å²) in [6.45, 7) is 0. The van der Waals surface area contributed by atoms with E-state index in [9.17, 15) is 22.4 Å². The molecule has 0 unspecified atom stereocenters. The molecule has 0 spiro atoms. The molecule has 0 bridgehead atoms. The van der Waals surface area contributed by atoms with Crippen LogP contribution in [0.3, 0.4) is 0 Å². The third-order valence-electron chi connectivity index (χ3n) is 1.68. The van der Waals surface area contributed by atoms with Crippen LogP contribution < -0.4 is 11.2 Å². The van der Waals surface area contributed by atoms with Crippen LogP contribution in [-0.2, 0) is 6.18 Å². The Hall–Kier alpha value is -2.12. The van der Waals surface area contributed by atoms with E-state index in [1.807, 2.05) is 0 Å². The van der Waals surface area contributed by atoms with Crippen molar-refractivity contribution >= 4 is 12.2 Å². The van der Waals surface area contributed by atoms with Gasteiger partial charge in [-0.25, -0.2) is 14.6 Å². The van der Waals surface area contributed by atoms with Crippen LogP contribution in [0.2, 0.25) is 0 Å². The molecule has 8 heteroatoms. The maximum Gasteiger partial charge on any atom is 0.419 e. The van der Waals surface area contributed by atoms with Gasteiger partial charge in [0, 0.05) is 0 Å². The molecule has 2 amide bonds. The Balaban J connectivity index is 2.97. The predicted octanol–water partition coefficient (Wildman–Crippen LogP) is 1.85. The SMILES string of the molecule is NC(=O)N/N=C/c1ccc(F)c(C(F)(F)F)c1. The molecule has 0 saturated heterocycles. The number of nitrogens with two attached hydrogens (primary N) is 1. The number of benzene rings is 1. The average Bonchev–Trinajstić information content (AvgIpc) is 2.18. The van der Waals surface area contributed by atoms with E-state index in [4.69, 9.17) is 0 Å². The normalized spacial score (nSPS) is 11.8. The van der Waals surface area contributed by atoms with Crippen molar-refractivity contribution in [1.29, 1.82) is 0 Å². The predicted molar refractivity (Wildman–Crippen MR) is 51.7 cm³/mol. The van der Waals surface area contributed by atoms with E-state index >= 15 is 0 Å². The first-order valence-electron chi connectivity index (χ1n) is 4.26. The van der Waals surface area contributed by atoms with Crippen LogP contribution in [0.5, 0.6) is 0 Å². The van der Waals surface area contributed by atoms with Crippen LogP contribution >= 0.6 is 0 Å². The van der Waals surface area contributed by atoms with Crippen LogP contribution in [0.15, 0.2) is 23.3 Å². The van der Waals surface area contributed by atoms with Gasteiger partial charge in [0.2, 0.25) is 0 Å². The second-order valence-electron chi connectivity index (χ2n) is 2.97. The van der Waals surface area contributed by atoms with Crippen molar-refractivity contribution in [2.45, 2.75) is 6.18 Å². The van der Waals surface area contributed by atoms with Crippen molar-refractivity contribution in [2.24, 2.45) is 10.8 Å². The summed E-state index contributed by atoms with van der Waals surface area (Å²) in [5, 5.41) is 3.25. The number of rotatable bonds is 2. The van der Waals surface area contributed by atoms with Gasteiger partial charge in [-0.3, -0.25) is 0 Å². The van der Waals surface area contributed by atoms with Gasteiger partial charge in [0.05, 0.1) is 11.8 Å². The monoisotopic (exact) mass is 249 g/mol. The lowest BCUT2D eigenvalue weighted by Crippen LogP contribution is -2.24. The van der Waals surface area contributed by atoms with Crippen LogP contribution in [0.1, 0.15) is 11.1 Å². The van der Waals surface area contributed by atoms with Crippen molar-refractivity contribution in [3.63, 3.8) is 0 Å². The molecular formula is C9H7F4N3O. The maximum atomic E-state index is 12.9. The van der Waals surface area contributed by atoms with E-state index in [0.29, 0.717) is 12.1 Å². The summed E-state index contributed by atoms with van der Waals surface area (Å²) in [7, 11) is 0. The van der Waals surface area contributed by atoms with Gasteiger partial charge in [-0.15, -0.1) is 0 Å². The van der Waals surface area contributed by atoms with E-state index in [0.717, 1.165) is 12.3 Å². The number of amides is 2. The number of halogens is 4. The fourth-order valence-electron chi connectivity index (χ4n) is 1.01. The molecule has 0 aliphatic rings. The zero-order chi connectivity index (χ0) is 13.1.